The Labute approximate surface area is 170 Å². The molecule has 29 heavy (non-hydrogen) atoms. The summed E-state index contributed by atoms with van der Waals surface area (Å²) in [5.74, 6) is -0.0100. The van der Waals surface area contributed by atoms with Crippen molar-refractivity contribution in [1.29, 1.82) is 0 Å². The highest BCUT2D eigenvalue weighted by molar-refractivity contribution is 5.96. The van der Waals surface area contributed by atoms with Crippen LogP contribution in [0.1, 0.15) is 26.4 Å². The summed E-state index contributed by atoms with van der Waals surface area (Å²) in [4.78, 5) is 33.8. The Balaban J connectivity index is 1.43. The maximum absolute atomic E-state index is 13.0. The van der Waals surface area contributed by atoms with Crippen LogP contribution in [0.3, 0.4) is 0 Å². The van der Waals surface area contributed by atoms with Crippen molar-refractivity contribution in [3.63, 3.8) is 0 Å². The van der Waals surface area contributed by atoms with Crippen LogP contribution in [0.5, 0.6) is 0 Å². The molecule has 1 aliphatic heterocycles. The fourth-order valence-electron chi connectivity index (χ4n) is 3.60. The number of hydrogen-bond acceptors (Lipinski definition) is 3. The molecule has 0 radical (unpaired) electrons. The van der Waals surface area contributed by atoms with Gasteiger partial charge in [-0.05, 0) is 31.2 Å². The Hall–Kier alpha value is -3.47. The van der Waals surface area contributed by atoms with E-state index in [1.165, 1.54) is 0 Å². The van der Waals surface area contributed by atoms with Gasteiger partial charge in [-0.3, -0.25) is 14.6 Å². The summed E-state index contributed by atoms with van der Waals surface area (Å²) in [7, 11) is 0. The third-order valence-electron chi connectivity index (χ3n) is 5.26. The normalized spacial score (nSPS) is 14.0. The zero-order valence-electron chi connectivity index (χ0n) is 16.4. The first-order chi connectivity index (χ1) is 14.1. The minimum atomic E-state index is -0.0265. The number of rotatable bonds is 3. The number of amides is 2. The topological polar surface area (TPSA) is 53.5 Å². The van der Waals surface area contributed by atoms with E-state index in [-0.39, 0.29) is 11.8 Å². The molecule has 4 rings (SSSR count). The van der Waals surface area contributed by atoms with Crippen molar-refractivity contribution in [2.75, 3.05) is 26.2 Å². The van der Waals surface area contributed by atoms with Gasteiger partial charge in [-0.15, -0.1) is 0 Å². The van der Waals surface area contributed by atoms with Crippen molar-refractivity contribution in [2.24, 2.45) is 0 Å². The van der Waals surface area contributed by atoms with E-state index >= 15 is 0 Å². The van der Waals surface area contributed by atoms with Crippen LogP contribution in [0.2, 0.25) is 0 Å². The van der Waals surface area contributed by atoms with E-state index < -0.39 is 0 Å². The average Bonchev–Trinajstić information content (AvgIpc) is 2.79. The summed E-state index contributed by atoms with van der Waals surface area (Å²) in [6, 6.07) is 22.9. The first-order valence-corrected chi connectivity index (χ1v) is 9.80. The molecule has 3 aromatic rings. The van der Waals surface area contributed by atoms with Gasteiger partial charge in [0.25, 0.3) is 11.8 Å². The second-order valence-electron chi connectivity index (χ2n) is 7.15. The predicted molar refractivity (Wildman–Crippen MR) is 113 cm³/mol. The fraction of sp³-hybridized carbons (Fsp3) is 0.208. The summed E-state index contributed by atoms with van der Waals surface area (Å²) >= 11 is 0. The van der Waals surface area contributed by atoms with Crippen molar-refractivity contribution in [2.45, 2.75) is 6.92 Å². The van der Waals surface area contributed by atoms with Crippen LogP contribution >= 0.6 is 0 Å². The molecule has 0 spiro atoms. The summed E-state index contributed by atoms with van der Waals surface area (Å²) in [6.07, 6.45) is 0. The molecule has 2 aromatic carbocycles. The number of aromatic nitrogens is 1. The quantitative estimate of drug-likeness (QED) is 0.691. The highest BCUT2D eigenvalue weighted by Gasteiger charge is 2.26. The number of benzene rings is 2. The molecule has 5 heteroatoms. The van der Waals surface area contributed by atoms with E-state index in [9.17, 15) is 9.59 Å². The summed E-state index contributed by atoms with van der Waals surface area (Å²) in [5, 5.41) is 0. The summed E-state index contributed by atoms with van der Waals surface area (Å²) in [5.41, 5.74) is 3.91. The van der Waals surface area contributed by atoms with Gasteiger partial charge in [-0.2, -0.15) is 0 Å². The smallest absolute Gasteiger partial charge is 0.255 e. The SMILES string of the molecule is Cc1nc(-c2ccccc2)ccc1C(=O)N1CCN(C(=O)c2ccccc2)CC1. The molecule has 0 atom stereocenters. The summed E-state index contributed by atoms with van der Waals surface area (Å²) < 4.78 is 0. The number of pyridine rings is 1. The van der Waals surface area contributed by atoms with Crippen molar-refractivity contribution >= 4 is 11.8 Å². The lowest BCUT2D eigenvalue weighted by atomic mass is 10.1. The average molecular weight is 385 g/mol. The number of nitrogens with zero attached hydrogens (tertiary/aromatic N) is 3. The van der Waals surface area contributed by atoms with Crippen LogP contribution in [-0.4, -0.2) is 52.8 Å². The number of carbonyl (C=O) groups is 2. The lowest BCUT2D eigenvalue weighted by molar-refractivity contribution is 0.0535. The standard InChI is InChI=1S/C24H23N3O2/c1-18-21(12-13-22(25-18)19-8-4-2-5-9-19)24(29)27-16-14-26(15-17-27)23(28)20-10-6-3-7-11-20/h2-13H,14-17H2,1H3. The predicted octanol–water partition coefficient (Wildman–Crippen LogP) is 3.66. The molecule has 1 aliphatic rings. The van der Waals surface area contributed by atoms with Gasteiger partial charge in [0.05, 0.1) is 17.0 Å². The lowest BCUT2D eigenvalue weighted by Crippen LogP contribution is -2.50. The van der Waals surface area contributed by atoms with Gasteiger partial charge in [0.15, 0.2) is 0 Å². The van der Waals surface area contributed by atoms with Gasteiger partial charge in [0.2, 0.25) is 0 Å². The molecular formula is C24H23N3O2. The zero-order chi connectivity index (χ0) is 20.2. The monoisotopic (exact) mass is 385 g/mol. The lowest BCUT2D eigenvalue weighted by Gasteiger charge is -2.35. The maximum Gasteiger partial charge on any atom is 0.255 e. The van der Waals surface area contributed by atoms with Crippen LogP contribution in [0.15, 0.2) is 72.8 Å². The van der Waals surface area contributed by atoms with Crippen LogP contribution in [-0.2, 0) is 0 Å². The van der Waals surface area contributed by atoms with Gasteiger partial charge in [0.1, 0.15) is 0 Å². The number of hydrogen-bond donors (Lipinski definition) is 0. The Kier molecular flexibility index (Phi) is 5.38. The molecule has 5 nitrogen and oxygen atoms in total. The summed E-state index contributed by atoms with van der Waals surface area (Å²) in [6.45, 7) is 3.99. The van der Waals surface area contributed by atoms with Gasteiger partial charge in [-0.25, -0.2) is 0 Å². The van der Waals surface area contributed by atoms with Gasteiger partial charge in [0, 0.05) is 37.3 Å². The van der Waals surface area contributed by atoms with Gasteiger partial charge < -0.3 is 9.80 Å². The number of piperazine rings is 1. The minimum Gasteiger partial charge on any atom is -0.335 e. The van der Waals surface area contributed by atoms with Crippen molar-refractivity contribution < 1.29 is 9.59 Å². The third-order valence-corrected chi connectivity index (χ3v) is 5.26. The van der Waals surface area contributed by atoms with Gasteiger partial charge >= 0.3 is 0 Å². The molecule has 0 aliphatic carbocycles. The van der Waals surface area contributed by atoms with Crippen LogP contribution in [0.25, 0.3) is 11.3 Å². The van der Waals surface area contributed by atoms with E-state index in [0.29, 0.717) is 37.3 Å². The van der Waals surface area contributed by atoms with Crippen LogP contribution in [0.4, 0.5) is 0 Å². The molecule has 146 valence electrons. The van der Waals surface area contributed by atoms with E-state index in [1.54, 1.807) is 4.90 Å². The largest absolute Gasteiger partial charge is 0.335 e. The molecule has 0 bridgehead atoms. The van der Waals surface area contributed by atoms with Crippen LogP contribution < -0.4 is 0 Å². The molecule has 0 unspecified atom stereocenters. The first-order valence-electron chi connectivity index (χ1n) is 9.80. The van der Waals surface area contributed by atoms with Crippen LogP contribution in [0, 0.1) is 6.92 Å². The molecular weight excluding hydrogens is 362 g/mol. The Morgan fingerprint density at radius 1 is 0.724 bits per heavy atom. The Morgan fingerprint density at radius 2 is 1.28 bits per heavy atom. The molecule has 1 saturated heterocycles. The second kappa shape index (κ2) is 8.27. The second-order valence-corrected chi connectivity index (χ2v) is 7.15. The minimum absolute atomic E-state index is 0.0164. The van der Waals surface area contributed by atoms with Crippen molar-refractivity contribution in [3.05, 3.63) is 89.6 Å². The van der Waals surface area contributed by atoms with E-state index in [1.807, 2.05) is 84.6 Å². The Bertz CT molecular complexity index is 1010. The van der Waals surface area contributed by atoms with E-state index in [2.05, 4.69) is 4.98 Å². The third kappa shape index (κ3) is 4.04. The fourth-order valence-corrected chi connectivity index (χ4v) is 3.60. The van der Waals surface area contributed by atoms with Crippen molar-refractivity contribution in [1.82, 2.24) is 14.8 Å². The highest BCUT2D eigenvalue weighted by atomic mass is 16.2. The zero-order valence-corrected chi connectivity index (χ0v) is 16.4. The van der Waals surface area contributed by atoms with Gasteiger partial charge in [-0.1, -0.05) is 48.5 Å². The van der Waals surface area contributed by atoms with E-state index in [0.717, 1.165) is 17.0 Å². The molecule has 0 N–H and O–H groups in total. The Morgan fingerprint density at radius 3 is 1.86 bits per heavy atom. The highest BCUT2D eigenvalue weighted by Crippen LogP contribution is 2.20. The number of aryl methyl sites for hydroxylation is 1. The van der Waals surface area contributed by atoms with Crippen molar-refractivity contribution in [3.8, 4) is 11.3 Å². The van der Waals surface area contributed by atoms with E-state index in [4.69, 9.17) is 0 Å². The molecule has 1 aromatic heterocycles. The molecule has 1 fully saturated rings. The molecule has 0 saturated carbocycles. The number of carbonyl (C=O) groups excluding carboxylic acids is 2. The molecule has 2 amide bonds. The first kappa shape index (κ1) is 18.9. The maximum atomic E-state index is 13.0. The molecule has 2 heterocycles.